The smallest absolute Gasteiger partial charge is 0.235 e. The molecule has 1 N–H and O–H groups in total. The fraction of sp³-hybridized carbons (Fsp3) is 0.308. The van der Waals surface area contributed by atoms with Gasteiger partial charge in [0.2, 0.25) is 11.3 Å². The van der Waals surface area contributed by atoms with E-state index in [9.17, 15) is 9.90 Å². The van der Waals surface area contributed by atoms with Gasteiger partial charge in [0.15, 0.2) is 11.2 Å². The van der Waals surface area contributed by atoms with Crippen molar-refractivity contribution in [2.45, 2.75) is 26.7 Å². The summed E-state index contributed by atoms with van der Waals surface area (Å²) in [4.78, 5) is 19.5. The van der Waals surface area contributed by atoms with Crippen LogP contribution in [0.1, 0.15) is 48.2 Å². The number of ketones is 1. The van der Waals surface area contributed by atoms with Crippen molar-refractivity contribution in [2.75, 3.05) is 26.2 Å². The molecule has 6 heteroatoms. The molecule has 0 atom stereocenters. The van der Waals surface area contributed by atoms with E-state index in [1.54, 1.807) is 24.3 Å². The van der Waals surface area contributed by atoms with E-state index in [-0.39, 0.29) is 28.1 Å². The molecule has 2 aromatic carbocycles. The molecule has 166 valence electrons. The number of carbonyl (C=O) groups excluding carboxylic acids is 1. The van der Waals surface area contributed by atoms with Crippen molar-refractivity contribution in [2.24, 2.45) is 4.99 Å². The lowest BCUT2D eigenvalue weighted by molar-refractivity contribution is 0.103. The van der Waals surface area contributed by atoms with Gasteiger partial charge in [0.05, 0.1) is 12.3 Å². The van der Waals surface area contributed by atoms with Crippen molar-refractivity contribution < 1.29 is 19.1 Å². The first-order chi connectivity index (χ1) is 15.6. The number of benzene rings is 2. The molecule has 0 saturated carbocycles. The Kier molecular flexibility index (Phi) is 6.71. The summed E-state index contributed by atoms with van der Waals surface area (Å²) in [5.41, 5.74) is 2.29. The van der Waals surface area contributed by atoms with Crippen molar-refractivity contribution in [1.82, 2.24) is 4.90 Å². The third-order valence-corrected chi connectivity index (χ3v) is 5.70. The van der Waals surface area contributed by atoms with Crippen LogP contribution < -0.4 is 15.7 Å². The molecule has 0 amide bonds. The molecule has 0 aliphatic carbocycles. The number of unbranched alkanes of at least 4 members (excludes halogenated alkanes) is 1. The van der Waals surface area contributed by atoms with Crippen LogP contribution in [0, 0.1) is 0 Å². The number of para-hydroxylation sites is 1. The molecule has 0 saturated heterocycles. The quantitative estimate of drug-likeness (QED) is 0.407. The number of nitrogens with zero attached hydrogens (tertiary/aromatic N) is 2. The number of aromatic hydroxyl groups is 1. The van der Waals surface area contributed by atoms with Crippen LogP contribution in [0.25, 0.3) is 6.08 Å². The molecule has 6 nitrogen and oxygen atoms in total. The molecule has 4 rings (SSSR count). The molecule has 1 aliphatic rings. The second kappa shape index (κ2) is 9.83. The van der Waals surface area contributed by atoms with Crippen molar-refractivity contribution in [3.8, 4) is 11.5 Å². The van der Waals surface area contributed by atoms with Gasteiger partial charge in [0.25, 0.3) is 0 Å². The Labute approximate surface area is 187 Å². The zero-order valence-corrected chi connectivity index (χ0v) is 18.5. The molecule has 0 bridgehead atoms. The fourth-order valence-corrected chi connectivity index (χ4v) is 3.80. The Balaban J connectivity index is 1.43. The maximum absolute atomic E-state index is 12.7. The topological polar surface area (TPSA) is 75.3 Å². The van der Waals surface area contributed by atoms with E-state index >= 15 is 0 Å². The summed E-state index contributed by atoms with van der Waals surface area (Å²) < 4.78 is 11.5. The van der Waals surface area contributed by atoms with E-state index < -0.39 is 0 Å². The summed E-state index contributed by atoms with van der Waals surface area (Å²) in [7, 11) is 0. The minimum atomic E-state index is -0.281. The van der Waals surface area contributed by atoms with E-state index in [1.807, 2.05) is 30.3 Å². The first-order valence-corrected chi connectivity index (χ1v) is 11.1. The first-order valence-electron chi connectivity index (χ1n) is 11.1. The molecule has 3 aromatic rings. The molecule has 1 aromatic heterocycles. The van der Waals surface area contributed by atoms with Gasteiger partial charge in [-0.25, -0.2) is 4.99 Å². The van der Waals surface area contributed by atoms with E-state index in [0.717, 1.165) is 43.8 Å². The zero-order valence-electron chi connectivity index (χ0n) is 18.5. The van der Waals surface area contributed by atoms with Crippen molar-refractivity contribution >= 4 is 17.5 Å². The van der Waals surface area contributed by atoms with Crippen LogP contribution in [0.2, 0.25) is 0 Å². The Hall–Kier alpha value is -3.38. The summed E-state index contributed by atoms with van der Waals surface area (Å²) in [6, 6.07) is 14.6. The van der Waals surface area contributed by atoms with Crippen LogP contribution in [-0.2, 0) is 0 Å². The van der Waals surface area contributed by atoms with Crippen LogP contribution >= 0.6 is 0 Å². The summed E-state index contributed by atoms with van der Waals surface area (Å²) >= 11 is 0. The SMILES string of the molecule is CCN(CC)CCCCOc1ccc(C=c2oc3c(c2O)C(=O)c2ccccc2N=3)cc1. The van der Waals surface area contributed by atoms with E-state index in [1.165, 1.54) is 0 Å². The van der Waals surface area contributed by atoms with Crippen LogP contribution in [0.3, 0.4) is 0 Å². The van der Waals surface area contributed by atoms with Gasteiger partial charge in [-0.05, 0) is 68.4 Å². The normalized spacial score (nSPS) is 13.1. The molecule has 0 unspecified atom stereocenters. The standard InChI is InChI=1S/C26H28N2O4/c1-3-28(4-2)15-7-8-16-31-19-13-11-18(12-14-19)17-22-25(30)23-24(29)20-9-5-6-10-21(20)27-26(23)32-22/h5-6,9-14,17,30H,3-4,7-8,15-16H2,1-2H3. The summed E-state index contributed by atoms with van der Waals surface area (Å²) in [6.07, 6.45) is 3.81. The van der Waals surface area contributed by atoms with Gasteiger partial charge in [-0.2, -0.15) is 0 Å². The summed E-state index contributed by atoms with van der Waals surface area (Å²) in [6.45, 7) is 8.31. The molecule has 0 fully saturated rings. The lowest BCUT2D eigenvalue weighted by atomic mass is 10.0. The number of fused-ring (bicyclic) bond motifs is 2. The highest BCUT2D eigenvalue weighted by Gasteiger charge is 2.26. The Morgan fingerprint density at radius 2 is 1.81 bits per heavy atom. The maximum atomic E-state index is 12.7. The lowest BCUT2D eigenvalue weighted by Gasteiger charge is -2.17. The fourth-order valence-electron chi connectivity index (χ4n) is 3.80. The predicted molar refractivity (Wildman–Crippen MR) is 123 cm³/mol. The summed E-state index contributed by atoms with van der Waals surface area (Å²) in [5, 5.41) is 10.6. The second-order valence-corrected chi connectivity index (χ2v) is 7.75. The van der Waals surface area contributed by atoms with Crippen molar-refractivity contribution in [3.63, 3.8) is 0 Å². The van der Waals surface area contributed by atoms with Gasteiger partial charge >= 0.3 is 0 Å². The molecule has 0 spiro atoms. The van der Waals surface area contributed by atoms with Gasteiger partial charge < -0.3 is 19.2 Å². The number of furan rings is 1. The average Bonchev–Trinajstić information content (AvgIpc) is 3.12. The monoisotopic (exact) mass is 432 g/mol. The Bertz CT molecular complexity index is 1210. The minimum Gasteiger partial charge on any atom is -0.504 e. The first kappa shape index (κ1) is 21.8. The van der Waals surface area contributed by atoms with Gasteiger partial charge in [0, 0.05) is 5.56 Å². The van der Waals surface area contributed by atoms with Gasteiger partial charge in [-0.1, -0.05) is 38.1 Å². The van der Waals surface area contributed by atoms with Gasteiger partial charge in [0.1, 0.15) is 11.3 Å². The van der Waals surface area contributed by atoms with Gasteiger partial charge in [-0.15, -0.1) is 0 Å². The number of hydrogen-bond donors (Lipinski definition) is 1. The average molecular weight is 433 g/mol. The number of carbonyl (C=O) groups is 1. The Morgan fingerprint density at radius 1 is 1.06 bits per heavy atom. The summed E-state index contributed by atoms with van der Waals surface area (Å²) in [5.74, 6) is 0.335. The number of rotatable bonds is 9. The van der Waals surface area contributed by atoms with E-state index in [4.69, 9.17) is 9.15 Å². The Morgan fingerprint density at radius 3 is 2.56 bits per heavy atom. The molecular formula is C26H28N2O4. The molecule has 2 heterocycles. The predicted octanol–water partition coefficient (Wildman–Crippen LogP) is 3.81. The highest BCUT2D eigenvalue weighted by atomic mass is 16.5. The van der Waals surface area contributed by atoms with Gasteiger partial charge in [-0.3, -0.25) is 4.79 Å². The third kappa shape index (κ3) is 4.60. The third-order valence-electron chi connectivity index (χ3n) is 5.70. The maximum Gasteiger partial charge on any atom is 0.235 e. The molecule has 0 radical (unpaired) electrons. The molecule has 1 aliphatic heterocycles. The largest absolute Gasteiger partial charge is 0.504 e. The highest BCUT2D eigenvalue weighted by molar-refractivity contribution is 6.14. The second-order valence-electron chi connectivity index (χ2n) is 7.75. The van der Waals surface area contributed by atoms with Crippen molar-refractivity contribution in [3.05, 3.63) is 76.2 Å². The highest BCUT2D eigenvalue weighted by Crippen LogP contribution is 2.26. The van der Waals surface area contributed by atoms with Crippen LogP contribution in [0.5, 0.6) is 11.5 Å². The number of hydrogen-bond acceptors (Lipinski definition) is 6. The van der Waals surface area contributed by atoms with E-state index in [2.05, 4.69) is 23.7 Å². The van der Waals surface area contributed by atoms with E-state index in [0.29, 0.717) is 17.9 Å². The molecule has 32 heavy (non-hydrogen) atoms. The zero-order chi connectivity index (χ0) is 22.5. The van der Waals surface area contributed by atoms with Crippen LogP contribution in [0.4, 0.5) is 5.69 Å². The van der Waals surface area contributed by atoms with Crippen molar-refractivity contribution in [1.29, 1.82) is 0 Å². The number of ether oxygens (including phenoxy) is 1. The molecular weight excluding hydrogens is 404 g/mol. The van der Waals surface area contributed by atoms with Crippen LogP contribution in [-0.4, -0.2) is 42.0 Å². The lowest BCUT2D eigenvalue weighted by Crippen LogP contribution is -2.24. The van der Waals surface area contributed by atoms with Crippen LogP contribution in [0.15, 0.2) is 57.9 Å². The minimum absolute atomic E-state index is 0.111.